The fourth-order valence-electron chi connectivity index (χ4n) is 2.38. The molecule has 0 saturated carbocycles. The summed E-state index contributed by atoms with van der Waals surface area (Å²) >= 11 is 6.10. The van der Waals surface area contributed by atoms with Crippen LogP contribution in [0.3, 0.4) is 0 Å². The summed E-state index contributed by atoms with van der Waals surface area (Å²) in [5.74, 6) is 0.298. The van der Waals surface area contributed by atoms with Gasteiger partial charge in [0.1, 0.15) is 18.0 Å². The summed E-state index contributed by atoms with van der Waals surface area (Å²) in [6.45, 7) is 0.402. The van der Waals surface area contributed by atoms with Crippen LogP contribution in [0.5, 0.6) is 5.75 Å². The van der Waals surface area contributed by atoms with E-state index in [1.54, 1.807) is 28.8 Å². The molecule has 2 aromatic heterocycles. The Labute approximate surface area is 143 Å². The van der Waals surface area contributed by atoms with Gasteiger partial charge < -0.3 is 15.2 Å². The van der Waals surface area contributed by atoms with Gasteiger partial charge in [-0.05, 0) is 18.2 Å². The molecule has 3 aromatic rings. The first-order valence-electron chi connectivity index (χ1n) is 7.43. The van der Waals surface area contributed by atoms with Crippen molar-refractivity contribution in [3.63, 3.8) is 0 Å². The molecule has 3 rings (SSSR count). The quantitative estimate of drug-likeness (QED) is 0.718. The molecular weight excluding hydrogens is 330 g/mol. The Morgan fingerprint density at radius 1 is 1.25 bits per heavy atom. The largest absolute Gasteiger partial charge is 0.491 e. The van der Waals surface area contributed by atoms with E-state index in [-0.39, 0.29) is 30.8 Å². The van der Waals surface area contributed by atoms with E-state index in [1.807, 2.05) is 24.3 Å². The van der Waals surface area contributed by atoms with Crippen LogP contribution in [-0.4, -0.2) is 33.6 Å². The van der Waals surface area contributed by atoms with Crippen LogP contribution in [0.25, 0.3) is 5.65 Å². The van der Waals surface area contributed by atoms with E-state index in [4.69, 9.17) is 21.4 Å². The zero-order valence-corrected chi connectivity index (χ0v) is 13.5. The van der Waals surface area contributed by atoms with Crippen LogP contribution < -0.4 is 10.1 Å². The standard InChI is InChI=1S/C17H16ClN3O3/c18-16-15(21-8-4-3-7-14(21)20-16)17(23)19-11-12-5-1-2-6-13(12)24-10-9-22/h1-8,22H,9-11H2,(H,19,23). The van der Waals surface area contributed by atoms with Gasteiger partial charge in [-0.2, -0.15) is 0 Å². The molecule has 0 atom stereocenters. The summed E-state index contributed by atoms with van der Waals surface area (Å²) in [4.78, 5) is 16.7. The van der Waals surface area contributed by atoms with Gasteiger partial charge in [0.15, 0.2) is 10.8 Å². The number of nitrogens with one attached hydrogen (secondary N) is 1. The maximum absolute atomic E-state index is 12.5. The first-order chi connectivity index (χ1) is 11.7. The molecule has 6 nitrogen and oxygen atoms in total. The fraction of sp³-hybridized carbons (Fsp3) is 0.176. The van der Waals surface area contributed by atoms with Crippen LogP contribution in [0.4, 0.5) is 0 Å². The summed E-state index contributed by atoms with van der Waals surface area (Å²) in [5.41, 5.74) is 1.71. The second kappa shape index (κ2) is 7.33. The maximum atomic E-state index is 12.5. The number of para-hydroxylation sites is 1. The summed E-state index contributed by atoms with van der Waals surface area (Å²) in [7, 11) is 0. The number of hydrogen-bond donors (Lipinski definition) is 2. The molecule has 0 fully saturated rings. The zero-order chi connectivity index (χ0) is 16.9. The molecule has 0 aliphatic heterocycles. The van der Waals surface area contributed by atoms with Crippen LogP contribution in [0, 0.1) is 0 Å². The van der Waals surface area contributed by atoms with Gasteiger partial charge in [0.05, 0.1) is 6.61 Å². The minimum atomic E-state index is -0.323. The molecule has 0 aliphatic rings. The normalized spacial score (nSPS) is 10.8. The van der Waals surface area contributed by atoms with Gasteiger partial charge in [0, 0.05) is 18.3 Å². The highest BCUT2D eigenvalue weighted by Gasteiger charge is 2.17. The van der Waals surface area contributed by atoms with Crippen molar-refractivity contribution in [2.45, 2.75) is 6.54 Å². The summed E-state index contributed by atoms with van der Waals surface area (Å²) < 4.78 is 7.10. The van der Waals surface area contributed by atoms with Crippen molar-refractivity contribution in [3.8, 4) is 5.75 Å². The predicted molar refractivity (Wildman–Crippen MR) is 90.4 cm³/mol. The van der Waals surface area contributed by atoms with E-state index >= 15 is 0 Å². The number of amides is 1. The molecule has 0 saturated heterocycles. The Bertz CT molecular complexity index is 863. The van der Waals surface area contributed by atoms with Gasteiger partial charge in [0.25, 0.3) is 5.91 Å². The topological polar surface area (TPSA) is 75.9 Å². The van der Waals surface area contributed by atoms with Gasteiger partial charge >= 0.3 is 0 Å². The van der Waals surface area contributed by atoms with E-state index < -0.39 is 0 Å². The maximum Gasteiger partial charge on any atom is 0.271 e. The highest BCUT2D eigenvalue weighted by atomic mass is 35.5. The molecule has 0 radical (unpaired) electrons. The van der Waals surface area contributed by atoms with Crippen LogP contribution in [0.2, 0.25) is 5.15 Å². The average molecular weight is 346 g/mol. The number of ether oxygens (including phenoxy) is 1. The number of nitrogens with zero attached hydrogens (tertiary/aromatic N) is 2. The number of fused-ring (bicyclic) bond motifs is 1. The summed E-state index contributed by atoms with van der Waals surface area (Å²) in [6, 6.07) is 12.7. The first kappa shape index (κ1) is 16.3. The number of carbonyl (C=O) groups excluding carboxylic acids is 1. The second-order valence-electron chi connectivity index (χ2n) is 5.04. The van der Waals surface area contributed by atoms with Crippen molar-refractivity contribution in [2.75, 3.05) is 13.2 Å². The van der Waals surface area contributed by atoms with Gasteiger partial charge in [-0.1, -0.05) is 35.9 Å². The molecule has 7 heteroatoms. The lowest BCUT2D eigenvalue weighted by Crippen LogP contribution is -2.24. The van der Waals surface area contributed by atoms with Gasteiger partial charge in [-0.15, -0.1) is 0 Å². The zero-order valence-electron chi connectivity index (χ0n) is 12.8. The molecule has 2 N–H and O–H groups in total. The Hall–Kier alpha value is -2.57. The molecule has 2 heterocycles. The third-order valence-corrected chi connectivity index (χ3v) is 3.73. The number of imidazole rings is 1. The van der Waals surface area contributed by atoms with Crippen molar-refractivity contribution in [3.05, 3.63) is 65.1 Å². The highest BCUT2D eigenvalue weighted by Crippen LogP contribution is 2.20. The molecule has 24 heavy (non-hydrogen) atoms. The number of carbonyl (C=O) groups is 1. The Kier molecular flexibility index (Phi) is 4.98. The molecular formula is C17H16ClN3O3. The number of pyridine rings is 1. The summed E-state index contributed by atoms with van der Waals surface area (Å²) in [5, 5.41) is 11.9. The van der Waals surface area contributed by atoms with E-state index in [0.29, 0.717) is 17.1 Å². The number of aliphatic hydroxyl groups is 1. The monoisotopic (exact) mass is 345 g/mol. The lowest BCUT2D eigenvalue weighted by atomic mass is 10.2. The summed E-state index contributed by atoms with van der Waals surface area (Å²) in [6.07, 6.45) is 1.74. The highest BCUT2D eigenvalue weighted by molar-refractivity contribution is 6.32. The molecule has 0 spiro atoms. The van der Waals surface area contributed by atoms with Crippen molar-refractivity contribution in [2.24, 2.45) is 0 Å². The number of halogens is 1. The van der Waals surface area contributed by atoms with Crippen molar-refractivity contribution in [1.82, 2.24) is 14.7 Å². The first-order valence-corrected chi connectivity index (χ1v) is 7.81. The van der Waals surface area contributed by atoms with Crippen LogP contribution in [0.15, 0.2) is 48.7 Å². The number of aliphatic hydroxyl groups excluding tert-OH is 1. The van der Waals surface area contributed by atoms with Gasteiger partial charge in [-0.3, -0.25) is 9.20 Å². The number of hydrogen-bond acceptors (Lipinski definition) is 4. The third-order valence-electron chi connectivity index (χ3n) is 3.46. The lowest BCUT2D eigenvalue weighted by Gasteiger charge is -2.11. The predicted octanol–water partition coefficient (Wildman–Crippen LogP) is 2.29. The smallest absolute Gasteiger partial charge is 0.271 e. The SMILES string of the molecule is O=C(NCc1ccccc1OCCO)c1c(Cl)nc2ccccn12. The molecule has 0 bridgehead atoms. The van der Waals surface area contributed by atoms with E-state index in [0.717, 1.165) is 5.56 Å². The average Bonchev–Trinajstić information content (AvgIpc) is 2.94. The van der Waals surface area contributed by atoms with E-state index in [1.165, 1.54) is 0 Å². The fourth-order valence-corrected chi connectivity index (χ4v) is 2.64. The molecule has 0 aliphatic carbocycles. The Balaban J connectivity index is 1.77. The van der Waals surface area contributed by atoms with Gasteiger partial charge in [0.2, 0.25) is 0 Å². The third kappa shape index (κ3) is 3.34. The molecule has 1 aromatic carbocycles. The van der Waals surface area contributed by atoms with Crippen molar-refractivity contribution in [1.29, 1.82) is 0 Å². The Morgan fingerprint density at radius 2 is 2.04 bits per heavy atom. The van der Waals surface area contributed by atoms with E-state index in [9.17, 15) is 4.79 Å². The number of aromatic nitrogens is 2. The second-order valence-corrected chi connectivity index (χ2v) is 5.40. The minimum Gasteiger partial charge on any atom is -0.491 e. The molecule has 0 unspecified atom stereocenters. The van der Waals surface area contributed by atoms with Crippen molar-refractivity contribution < 1.29 is 14.6 Å². The van der Waals surface area contributed by atoms with Crippen LogP contribution in [-0.2, 0) is 6.54 Å². The lowest BCUT2D eigenvalue weighted by molar-refractivity contribution is 0.0944. The van der Waals surface area contributed by atoms with Crippen LogP contribution in [0.1, 0.15) is 16.1 Å². The molecule has 124 valence electrons. The van der Waals surface area contributed by atoms with E-state index in [2.05, 4.69) is 10.3 Å². The van der Waals surface area contributed by atoms with Crippen molar-refractivity contribution >= 4 is 23.2 Å². The molecule has 1 amide bonds. The minimum absolute atomic E-state index is 0.0713. The number of benzene rings is 1. The van der Waals surface area contributed by atoms with Crippen LogP contribution >= 0.6 is 11.6 Å². The van der Waals surface area contributed by atoms with Gasteiger partial charge in [-0.25, -0.2) is 4.98 Å². The number of rotatable bonds is 6. The Morgan fingerprint density at radius 3 is 2.88 bits per heavy atom.